The van der Waals surface area contributed by atoms with Crippen LogP contribution in [0.1, 0.15) is 41.1 Å². The molecule has 0 aliphatic rings. The van der Waals surface area contributed by atoms with Gasteiger partial charge in [-0.3, -0.25) is 9.78 Å². The standard InChI is InChI=1S/C15H17N3O2/c1-11(14-6-5-12(2)20-14)7-9-17-18-15(19)13-4-3-8-16-10-13/h3-6,8-11H,7H2,1-2H3,(H,18,19)/b17-9-/t11-/m1/s1. The SMILES string of the molecule is Cc1ccc([C@H](C)C/C=N\NC(=O)c2cccnc2)o1. The fraction of sp³-hybridized carbons (Fsp3) is 0.267. The number of hydrazone groups is 1. The summed E-state index contributed by atoms with van der Waals surface area (Å²) in [6.45, 7) is 3.96. The van der Waals surface area contributed by atoms with E-state index in [0.29, 0.717) is 12.0 Å². The summed E-state index contributed by atoms with van der Waals surface area (Å²) >= 11 is 0. The maximum absolute atomic E-state index is 11.7. The number of nitrogens with zero attached hydrogens (tertiary/aromatic N) is 2. The molecular formula is C15H17N3O2. The molecule has 0 saturated carbocycles. The third-order valence-corrected chi connectivity index (χ3v) is 2.89. The molecule has 0 radical (unpaired) electrons. The first-order chi connectivity index (χ1) is 9.66. The van der Waals surface area contributed by atoms with E-state index in [-0.39, 0.29) is 11.8 Å². The summed E-state index contributed by atoms with van der Waals surface area (Å²) in [6.07, 6.45) is 5.49. The fourth-order valence-electron chi connectivity index (χ4n) is 1.71. The Morgan fingerprint density at radius 1 is 1.50 bits per heavy atom. The topological polar surface area (TPSA) is 67.5 Å². The second-order valence-corrected chi connectivity index (χ2v) is 4.58. The maximum atomic E-state index is 11.7. The number of aromatic nitrogens is 1. The highest BCUT2D eigenvalue weighted by Gasteiger charge is 2.08. The largest absolute Gasteiger partial charge is 0.466 e. The molecule has 1 amide bonds. The zero-order chi connectivity index (χ0) is 14.4. The van der Waals surface area contributed by atoms with Crippen LogP contribution in [0.4, 0.5) is 0 Å². The third kappa shape index (κ3) is 3.78. The van der Waals surface area contributed by atoms with Crippen LogP contribution in [-0.2, 0) is 0 Å². The molecule has 0 fully saturated rings. The van der Waals surface area contributed by atoms with E-state index in [1.165, 1.54) is 6.20 Å². The first-order valence-corrected chi connectivity index (χ1v) is 6.45. The second-order valence-electron chi connectivity index (χ2n) is 4.58. The minimum Gasteiger partial charge on any atom is -0.466 e. The lowest BCUT2D eigenvalue weighted by molar-refractivity contribution is 0.0954. The predicted molar refractivity (Wildman–Crippen MR) is 76.7 cm³/mol. The van der Waals surface area contributed by atoms with E-state index in [4.69, 9.17) is 4.42 Å². The molecule has 0 unspecified atom stereocenters. The van der Waals surface area contributed by atoms with E-state index in [1.807, 2.05) is 26.0 Å². The maximum Gasteiger partial charge on any atom is 0.272 e. The van der Waals surface area contributed by atoms with Gasteiger partial charge in [0.25, 0.3) is 5.91 Å². The van der Waals surface area contributed by atoms with Gasteiger partial charge in [0.05, 0.1) is 5.56 Å². The van der Waals surface area contributed by atoms with Crippen LogP contribution in [0, 0.1) is 6.92 Å². The van der Waals surface area contributed by atoms with Crippen molar-refractivity contribution in [3.05, 3.63) is 53.7 Å². The Hall–Kier alpha value is -2.43. The number of carbonyl (C=O) groups excluding carboxylic acids is 1. The Bertz CT molecular complexity index is 590. The fourth-order valence-corrected chi connectivity index (χ4v) is 1.71. The Labute approximate surface area is 117 Å². The molecule has 1 N–H and O–H groups in total. The smallest absolute Gasteiger partial charge is 0.272 e. The van der Waals surface area contributed by atoms with Crippen molar-refractivity contribution in [1.82, 2.24) is 10.4 Å². The van der Waals surface area contributed by atoms with Crippen LogP contribution in [0.2, 0.25) is 0 Å². The van der Waals surface area contributed by atoms with Gasteiger partial charge < -0.3 is 4.42 Å². The number of hydrogen-bond acceptors (Lipinski definition) is 4. The summed E-state index contributed by atoms with van der Waals surface area (Å²) in [5.74, 6) is 1.78. The molecular weight excluding hydrogens is 254 g/mol. The lowest BCUT2D eigenvalue weighted by Gasteiger charge is -2.04. The number of furan rings is 1. The summed E-state index contributed by atoms with van der Waals surface area (Å²) in [5.41, 5.74) is 2.96. The molecule has 104 valence electrons. The van der Waals surface area contributed by atoms with E-state index in [2.05, 4.69) is 15.5 Å². The first kappa shape index (κ1) is 14.0. The van der Waals surface area contributed by atoms with E-state index >= 15 is 0 Å². The average Bonchev–Trinajstić information content (AvgIpc) is 2.91. The number of rotatable bonds is 5. The van der Waals surface area contributed by atoms with Gasteiger partial charge in [0.15, 0.2) is 0 Å². The van der Waals surface area contributed by atoms with E-state index < -0.39 is 0 Å². The minimum atomic E-state index is -0.268. The summed E-state index contributed by atoms with van der Waals surface area (Å²) in [5, 5.41) is 3.93. The van der Waals surface area contributed by atoms with Crippen molar-refractivity contribution in [3.63, 3.8) is 0 Å². The van der Waals surface area contributed by atoms with Gasteiger partial charge in [-0.2, -0.15) is 5.10 Å². The Morgan fingerprint density at radius 3 is 3.00 bits per heavy atom. The van der Waals surface area contributed by atoms with Crippen molar-refractivity contribution < 1.29 is 9.21 Å². The zero-order valence-electron chi connectivity index (χ0n) is 11.5. The van der Waals surface area contributed by atoms with Crippen molar-refractivity contribution in [3.8, 4) is 0 Å². The predicted octanol–water partition coefficient (Wildman–Crippen LogP) is 2.89. The number of nitrogens with one attached hydrogen (secondary N) is 1. The molecule has 0 aromatic carbocycles. The van der Waals surface area contributed by atoms with Gasteiger partial charge in [0.1, 0.15) is 11.5 Å². The molecule has 1 atom stereocenters. The van der Waals surface area contributed by atoms with Gasteiger partial charge in [-0.25, -0.2) is 5.43 Å². The monoisotopic (exact) mass is 271 g/mol. The van der Waals surface area contributed by atoms with E-state index in [0.717, 1.165) is 11.5 Å². The molecule has 2 aromatic heterocycles. The van der Waals surface area contributed by atoms with Crippen LogP contribution in [-0.4, -0.2) is 17.1 Å². The molecule has 0 aliphatic heterocycles. The summed E-state index contributed by atoms with van der Waals surface area (Å²) < 4.78 is 5.54. The number of carbonyl (C=O) groups is 1. The van der Waals surface area contributed by atoms with Crippen LogP contribution < -0.4 is 5.43 Å². The Kier molecular flexibility index (Phi) is 4.65. The van der Waals surface area contributed by atoms with Crippen LogP contribution in [0.5, 0.6) is 0 Å². The van der Waals surface area contributed by atoms with Crippen LogP contribution in [0.3, 0.4) is 0 Å². The zero-order valence-corrected chi connectivity index (χ0v) is 11.5. The van der Waals surface area contributed by atoms with E-state index in [1.54, 1.807) is 24.5 Å². The van der Waals surface area contributed by atoms with Crippen LogP contribution in [0.25, 0.3) is 0 Å². The number of aryl methyl sites for hydroxylation is 1. The second kappa shape index (κ2) is 6.65. The van der Waals surface area contributed by atoms with Gasteiger partial charge in [-0.15, -0.1) is 0 Å². The number of pyridine rings is 1. The van der Waals surface area contributed by atoms with Crippen LogP contribution in [0.15, 0.2) is 46.2 Å². The molecule has 5 nitrogen and oxygen atoms in total. The number of hydrogen-bond donors (Lipinski definition) is 1. The lowest BCUT2D eigenvalue weighted by atomic mass is 10.1. The van der Waals surface area contributed by atoms with Gasteiger partial charge in [-0.1, -0.05) is 6.92 Å². The molecule has 20 heavy (non-hydrogen) atoms. The van der Waals surface area contributed by atoms with Crippen molar-refractivity contribution in [2.24, 2.45) is 5.10 Å². The van der Waals surface area contributed by atoms with Crippen molar-refractivity contribution in [1.29, 1.82) is 0 Å². The number of amides is 1. The quantitative estimate of drug-likeness (QED) is 0.671. The molecule has 2 rings (SSSR count). The molecule has 5 heteroatoms. The molecule has 0 saturated heterocycles. The minimum absolute atomic E-state index is 0.225. The normalized spacial score (nSPS) is 12.5. The van der Waals surface area contributed by atoms with Gasteiger partial charge in [-0.05, 0) is 37.6 Å². The highest BCUT2D eigenvalue weighted by atomic mass is 16.3. The average molecular weight is 271 g/mol. The van der Waals surface area contributed by atoms with E-state index in [9.17, 15) is 4.79 Å². The molecule has 0 bridgehead atoms. The van der Waals surface area contributed by atoms with Crippen LogP contribution >= 0.6 is 0 Å². The summed E-state index contributed by atoms with van der Waals surface area (Å²) in [7, 11) is 0. The van der Waals surface area contributed by atoms with Crippen molar-refractivity contribution >= 4 is 12.1 Å². The van der Waals surface area contributed by atoms with Gasteiger partial charge >= 0.3 is 0 Å². The van der Waals surface area contributed by atoms with Gasteiger partial charge in [0, 0.05) is 24.5 Å². The summed E-state index contributed by atoms with van der Waals surface area (Å²) in [6, 6.07) is 7.29. The lowest BCUT2D eigenvalue weighted by Crippen LogP contribution is -2.17. The molecule has 2 heterocycles. The molecule has 2 aromatic rings. The highest BCUT2D eigenvalue weighted by Crippen LogP contribution is 2.19. The molecule has 0 aliphatic carbocycles. The third-order valence-electron chi connectivity index (χ3n) is 2.89. The Morgan fingerprint density at radius 2 is 2.35 bits per heavy atom. The highest BCUT2D eigenvalue weighted by molar-refractivity contribution is 5.93. The molecule has 0 spiro atoms. The Balaban J connectivity index is 1.81. The van der Waals surface area contributed by atoms with Gasteiger partial charge in [0.2, 0.25) is 0 Å². The van der Waals surface area contributed by atoms with Crippen molar-refractivity contribution in [2.75, 3.05) is 0 Å². The first-order valence-electron chi connectivity index (χ1n) is 6.45. The van der Waals surface area contributed by atoms with Crippen molar-refractivity contribution in [2.45, 2.75) is 26.2 Å². The summed E-state index contributed by atoms with van der Waals surface area (Å²) in [4.78, 5) is 15.6.